The van der Waals surface area contributed by atoms with E-state index in [1.807, 2.05) is 13.8 Å². The van der Waals surface area contributed by atoms with Crippen LogP contribution in [0, 0.1) is 0 Å². The summed E-state index contributed by atoms with van der Waals surface area (Å²) in [7, 11) is -3.56. The van der Waals surface area contributed by atoms with E-state index < -0.39 is 20.5 Å². The highest BCUT2D eigenvalue weighted by Crippen LogP contribution is 2.29. The van der Waals surface area contributed by atoms with Crippen LogP contribution in [-0.2, 0) is 14.6 Å². The second-order valence-electron chi connectivity index (χ2n) is 6.53. The molecular formula is C18H28ClN3O4S. The van der Waals surface area contributed by atoms with Crippen molar-refractivity contribution in [3.8, 4) is 0 Å². The molecule has 2 rings (SSSR count). The highest BCUT2D eigenvalue weighted by molar-refractivity contribution is 7.92. The molecule has 2 amide bonds. The molecule has 1 fully saturated rings. The van der Waals surface area contributed by atoms with Crippen molar-refractivity contribution < 1.29 is 18.0 Å². The lowest BCUT2D eigenvalue weighted by molar-refractivity contribution is -0.119. The first-order valence-electron chi connectivity index (χ1n) is 8.86. The molecule has 1 aliphatic rings. The number of hydrogen-bond donors (Lipinski definition) is 2. The fourth-order valence-electron chi connectivity index (χ4n) is 3.23. The number of carbonyl (C=O) groups excluding carboxylic acids is 2. The minimum atomic E-state index is -3.56. The molecule has 1 heterocycles. The van der Waals surface area contributed by atoms with E-state index in [4.69, 9.17) is 0 Å². The molecule has 0 bridgehead atoms. The molecule has 1 aromatic carbocycles. The lowest BCUT2D eigenvalue weighted by Gasteiger charge is -2.34. The third kappa shape index (κ3) is 5.00. The van der Waals surface area contributed by atoms with Crippen LogP contribution in [0.1, 0.15) is 37.0 Å². The van der Waals surface area contributed by atoms with Gasteiger partial charge in [-0.25, -0.2) is 8.42 Å². The van der Waals surface area contributed by atoms with Crippen LogP contribution in [0.3, 0.4) is 0 Å². The van der Waals surface area contributed by atoms with Crippen molar-refractivity contribution in [2.45, 2.75) is 31.4 Å². The van der Waals surface area contributed by atoms with Crippen LogP contribution in [0.5, 0.6) is 0 Å². The molecule has 0 radical (unpaired) electrons. The van der Waals surface area contributed by atoms with Crippen molar-refractivity contribution in [1.29, 1.82) is 0 Å². The van der Waals surface area contributed by atoms with Gasteiger partial charge in [-0.15, -0.1) is 12.4 Å². The van der Waals surface area contributed by atoms with Crippen molar-refractivity contribution in [2.75, 3.05) is 37.8 Å². The highest BCUT2D eigenvalue weighted by Gasteiger charge is 2.48. The Morgan fingerprint density at radius 3 is 2.07 bits per heavy atom. The molecule has 7 nitrogen and oxygen atoms in total. The van der Waals surface area contributed by atoms with E-state index in [1.54, 1.807) is 29.2 Å². The number of nitrogens with one attached hydrogen (secondary N) is 2. The zero-order chi connectivity index (χ0) is 19.4. The summed E-state index contributed by atoms with van der Waals surface area (Å²) < 4.78 is 23.2. The summed E-state index contributed by atoms with van der Waals surface area (Å²) >= 11 is 0. The minimum Gasteiger partial charge on any atom is -0.339 e. The number of amides is 2. The summed E-state index contributed by atoms with van der Waals surface area (Å²) in [4.78, 5) is 26.8. The van der Waals surface area contributed by atoms with Gasteiger partial charge in [0.15, 0.2) is 14.6 Å². The van der Waals surface area contributed by atoms with Crippen LogP contribution in [0.4, 0.5) is 5.69 Å². The summed E-state index contributed by atoms with van der Waals surface area (Å²) in [5.41, 5.74) is 1.01. The maximum absolute atomic E-state index is 12.8. The van der Waals surface area contributed by atoms with E-state index in [0.29, 0.717) is 37.4 Å². The first-order valence-corrected chi connectivity index (χ1v) is 10.8. The fourth-order valence-corrected chi connectivity index (χ4v) is 4.56. The van der Waals surface area contributed by atoms with Crippen LogP contribution in [0.15, 0.2) is 24.3 Å². The number of rotatable bonds is 6. The lowest BCUT2D eigenvalue weighted by atomic mass is 9.95. The van der Waals surface area contributed by atoms with Gasteiger partial charge in [-0.3, -0.25) is 9.59 Å². The Labute approximate surface area is 167 Å². The van der Waals surface area contributed by atoms with Crippen molar-refractivity contribution in [3.63, 3.8) is 0 Å². The number of sulfone groups is 1. The molecule has 0 atom stereocenters. The van der Waals surface area contributed by atoms with Crippen molar-refractivity contribution in [2.24, 2.45) is 0 Å². The number of nitrogens with zero attached hydrogens (tertiary/aromatic N) is 1. The Kier molecular flexibility index (Phi) is 8.25. The van der Waals surface area contributed by atoms with E-state index in [0.717, 1.165) is 6.26 Å². The Balaban J connectivity index is 0.00000364. The summed E-state index contributed by atoms with van der Waals surface area (Å²) in [6.07, 6.45) is 1.61. The monoisotopic (exact) mass is 417 g/mol. The van der Waals surface area contributed by atoms with Crippen LogP contribution < -0.4 is 10.6 Å². The van der Waals surface area contributed by atoms with E-state index >= 15 is 0 Å². The number of anilines is 1. The third-order valence-corrected chi connectivity index (χ3v) is 6.99. The maximum Gasteiger partial charge on any atom is 0.253 e. The summed E-state index contributed by atoms with van der Waals surface area (Å²) in [5.74, 6) is -0.580. The maximum atomic E-state index is 12.8. The SMILES string of the molecule is CCN(CC)C(=O)c1ccc(NC(=O)C2(S(C)(=O)=O)CCNCC2)cc1.Cl. The smallest absolute Gasteiger partial charge is 0.253 e. The molecule has 0 spiro atoms. The molecule has 152 valence electrons. The van der Waals surface area contributed by atoms with Crippen molar-refractivity contribution in [3.05, 3.63) is 29.8 Å². The standard InChI is InChI=1S/C18H27N3O4S.ClH/c1-4-21(5-2)16(22)14-6-8-15(9-7-14)20-17(23)18(26(3,24)25)10-12-19-13-11-18;/h6-9,19H,4-5,10-13H2,1-3H3,(H,20,23);1H. The normalized spacial score (nSPS) is 16.1. The molecule has 1 saturated heterocycles. The van der Waals surface area contributed by atoms with E-state index in [-0.39, 0.29) is 31.2 Å². The molecule has 0 aromatic heterocycles. The zero-order valence-corrected chi connectivity index (χ0v) is 17.6. The van der Waals surface area contributed by atoms with Gasteiger partial charge >= 0.3 is 0 Å². The first kappa shape index (κ1) is 23.4. The molecule has 2 N–H and O–H groups in total. The lowest BCUT2D eigenvalue weighted by Crippen LogP contribution is -2.55. The second kappa shape index (κ2) is 9.52. The summed E-state index contributed by atoms with van der Waals surface area (Å²) in [6, 6.07) is 6.55. The molecule has 1 aromatic rings. The van der Waals surface area contributed by atoms with Gasteiger partial charge in [0, 0.05) is 30.6 Å². The number of halogens is 1. The average molecular weight is 418 g/mol. The van der Waals surface area contributed by atoms with Gasteiger partial charge in [-0.05, 0) is 64.0 Å². The summed E-state index contributed by atoms with van der Waals surface area (Å²) in [6.45, 7) is 6.05. The number of carbonyl (C=O) groups is 2. The predicted molar refractivity (Wildman–Crippen MR) is 109 cm³/mol. The molecule has 1 aliphatic heterocycles. The Morgan fingerprint density at radius 2 is 1.63 bits per heavy atom. The fraction of sp³-hybridized carbons (Fsp3) is 0.556. The zero-order valence-electron chi connectivity index (χ0n) is 15.9. The van der Waals surface area contributed by atoms with Gasteiger partial charge in [-0.1, -0.05) is 0 Å². The number of benzene rings is 1. The Morgan fingerprint density at radius 1 is 1.11 bits per heavy atom. The Bertz CT molecular complexity index is 755. The van der Waals surface area contributed by atoms with Crippen molar-refractivity contribution in [1.82, 2.24) is 10.2 Å². The van der Waals surface area contributed by atoms with Gasteiger partial charge in [0.05, 0.1) is 0 Å². The van der Waals surface area contributed by atoms with Crippen molar-refractivity contribution >= 4 is 39.7 Å². The minimum absolute atomic E-state index is 0. The topological polar surface area (TPSA) is 95.6 Å². The van der Waals surface area contributed by atoms with Gasteiger partial charge in [-0.2, -0.15) is 0 Å². The van der Waals surface area contributed by atoms with Gasteiger partial charge in [0.25, 0.3) is 5.91 Å². The average Bonchev–Trinajstić information content (AvgIpc) is 2.63. The quantitative estimate of drug-likeness (QED) is 0.734. The van der Waals surface area contributed by atoms with Crippen LogP contribution in [0.2, 0.25) is 0 Å². The largest absolute Gasteiger partial charge is 0.339 e. The van der Waals surface area contributed by atoms with Crippen LogP contribution >= 0.6 is 12.4 Å². The van der Waals surface area contributed by atoms with E-state index in [2.05, 4.69) is 10.6 Å². The number of piperidine rings is 1. The summed E-state index contributed by atoms with van der Waals surface area (Å²) in [5, 5.41) is 5.80. The molecule has 0 unspecified atom stereocenters. The van der Waals surface area contributed by atoms with Gasteiger partial charge in [0.2, 0.25) is 5.91 Å². The predicted octanol–water partition coefficient (Wildman–Crippen LogP) is 1.70. The molecule has 9 heteroatoms. The molecule has 0 saturated carbocycles. The first-order chi connectivity index (χ1) is 12.2. The van der Waals surface area contributed by atoms with E-state index in [1.165, 1.54) is 0 Å². The third-order valence-electron chi connectivity index (χ3n) is 4.98. The van der Waals surface area contributed by atoms with Crippen LogP contribution in [0.25, 0.3) is 0 Å². The van der Waals surface area contributed by atoms with Gasteiger partial charge < -0.3 is 15.5 Å². The molecule has 27 heavy (non-hydrogen) atoms. The van der Waals surface area contributed by atoms with Gasteiger partial charge in [0.1, 0.15) is 0 Å². The highest BCUT2D eigenvalue weighted by atomic mass is 35.5. The molecule has 0 aliphatic carbocycles. The molecular weight excluding hydrogens is 390 g/mol. The van der Waals surface area contributed by atoms with E-state index in [9.17, 15) is 18.0 Å². The second-order valence-corrected chi connectivity index (χ2v) is 8.85. The Hall–Kier alpha value is -1.64. The van der Waals surface area contributed by atoms with Crippen LogP contribution in [-0.4, -0.2) is 62.3 Å². The number of hydrogen-bond acceptors (Lipinski definition) is 5.